The molecule has 0 radical (unpaired) electrons. The fourth-order valence-electron chi connectivity index (χ4n) is 5.68. The Morgan fingerprint density at radius 3 is 2.34 bits per heavy atom. The molecular formula is C35H33ClN4O9S. The number of benzene rings is 3. The summed E-state index contributed by atoms with van der Waals surface area (Å²) in [5.74, 6) is -5.43. The van der Waals surface area contributed by atoms with Crippen LogP contribution in [0.1, 0.15) is 53.1 Å². The number of anilines is 1. The van der Waals surface area contributed by atoms with E-state index in [1.54, 1.807) is 36.7 Å². The second-order valence-corrected chi connectivity index (χ2v) is 12.4. The Morgan fingerprint density at radius 2 is 1.70 bits per heavy atom. The molecule has 0 spiro atoms. The lowest BCUT2D eigenvalue weighted by Gasteiger charge is -2.36. The third-order valence-electron chi connectivity index (χ3n) is 8.24. The Hall–Kier alpha value is -5.60. The minimum Gasteiger partial charge on any atom is -0.481 e. The van der Waals surface area contributed by atoms with Crippen molar-refractivity contribution in [1.82, 2.24) is 9.88 Å². The standard InChI is InChI=1S/C35H32N4O9S.ClH/c1-21(38(31(40)17-26(34(44)45)18-32(41)42)20-22-6-7-23-4-2-3-5-25(23)16-22)29(24-8-10-27(11-9-24)39(46)47)19-28-12-13-30(48-28)33(43)37-35-36-14-15-49-35;/h2-16,21,26,29H,17-20H2,1H3,(H,41,42)(H,44,45)(H,36,37,43);1H. The van der Waals surface area contributed by atoms with Crippen molar-refractivity contribution in [3.8, 4) is 0 Å². The number of amides is 2. The number of rotatable bonds is 15. The number of carboxylic acids is 2. The maximum atomic E-state index is 14.0. The zero-order chi connectivity index (χ0) is 35.1. The van der Waals surface area contributed by atoms with E-state index in [2.05, 4.69) is 10.3 Å². The number of nitro groups is 1. The van der Waals surface area contributed by atoms with E-state index in [1.165, 1.54) is 34.4 Å². The Bertz CT molecular complexity index is 1980. The third-order valence-corrected chi connectivity index (χ3v) is 8.93. The summed E-state index contributed by atoms with van der Waals surface area (Å²) in [6.07, 6.45) is 0.412. The minimum absolute atomic E-state index is 0. The second-order valence-electron chi connectivity index (χ2n) is 11.5. The van der Waals surface area contributed by atoms with Crippen molar-refractivity contribution in [2.75, 3.05) is 5.32 Å². The molecule has 2 heterocycles. The highest BCUT2D eigenvalue weighted by Gasteiger charge is 2.33. The van der Waals surface area contributed by atoms with Gasteiger partial charge in [0.15, 0.2) is 10.9 Å². The molecule has 2 amide bonds. The molecule has 3 N–H and O–H groups in total. The number of carbonyl (C=O) groups is 4. The van der Waals surface area contributed by atoms with E-state index in [9.17, 15) is 39.5 Å². The quantitative estimate of drug-likeness (QED) is 0.0767. The Balaban J connectivity index is 0.00000562. The zero-order valence-corrected chi connectivity index (χ0v) is 28.3. The monoisotopic (exact) mass is 720 g/mol. The number of carboxylic acid groups (broad SMARTS) is 2. The molecular weight excluding hydrogens is 688 g/mol. The van der Waals surface area contributed by atoms with E-state index in [0.29, 0.717) is 16.5 Å². The van der Waals surface area contributed by atoms with Crippen LogP contribution in [0.3, 0.4) is 0 Å². The van der Waals surface area contributed by atoms with E-state index in [4.69, 9.17) is 4.42 Å². The average Bonchev–Trinajstić information content (AvgIpc) is 3.78. The van der Waals surface area contributed by atoms with Crippen LogP contribution in [0, 0.1) is 16.0 Å². The molecule has 3 aromatic carbocycles. The lowest BCUT2D eigenvalue weighted by molar-refractivity contribution is -0.384. The van der Waals surface area contributed by atoms with Crippen LogP contribution in [0.4, 0.5) is 10.8 Å². The molecule has 0 aliphatic heterocycles. The van der Waals surface area contributed by atoms with Crippen molar-refractivity contribution >= 4 is 69.1 Å². The number of non-ortho nitro benzene ring substituents is 1. The van der Waals surface area contributed by atoms with Gasteiger partial charge < -0.3 is 19.5 Å². The number of carbonyl (C=O) groups excluding carboxylic acids is 2. The Morgan fingerprint density at radius 1 is 0.980 bits per heavy atom. The molecule has 50 heavy (non-hydrogen) atoms. The van der Waals surface area contributed by atoms with Crippen molar-refractivity contribution in [1.29, 1.82) is 0 Å². The van der Waals surface area contributed by atoms with E-state index in [-0.39, 0.29) is 36.8 Å². The Kier molecular flexibility index (Phi) is 12.4. The topological polar surface area (TPSA) is 193 Å². The smallest absolute Gasteiger partial charge is 0.307 e. The summed E-state index contributed by atoms with van der Waals surface area (Å²) in [7, 11) is 0. The van der Waals surface area contributed by atoms with E-state index in [0.717, 1.165) is 16.3 Å². The van der Waals surface area contributed by atoms with Gasteiger partial charge in [0.2, 0.25) is 5.91 Å². The predicted molar refractivity (Wildman–Crippen MR) is 188 cm³/mol. The van der Waals surface area contributed by atoms with Gasteiger partial charge in [-0.25, -0.2) is 4.98 Å². The van der Waals surface area contributed by atoms with E-state index in [1.807, 2.05) is 42.5 Å². The Labute approximate surface area is 296 Å². The van der Waals surface area contributed by atoms with Gasteiger partial charge >= 0.3 is 11.9 Å². The first kappa shape index (κ1) is 37.2. The first-order valence-corrected chi connectivity index (χ1v) is 16.1. The summed E-state index contributed by atoms with van der Waals surface area (Å²) < 4.78 is 5.91. The highest BCUT2D eigenvalue weighted by molar-refractivity contribution is 7.13. The lowest BCUT2D eigenvalue weighted by Crippen LogP contribution is -2.43. The van der Waals surface area contributed by atoms with Crippen LogP contribution in [0.2, 0.25) is 0 Å². The summed E-state index contributed by atoms with van der Waals surface area (Å²) >= 11 is 1.24. The molecule has 0 saturated heterocycles. The van der Waals surface area contributed by atoms with Gasteiger partial charge in [-0.3, -0.25) is 34.6 Å². The summed E-state index contributed by atoms with van der Waals surface area (Å²) in [4.78, 5) is 66.7. The van der Waals surface area contributed by atoms with Gasteiger partial charge in [-0.15, -0.1) is 23.7 Å². The predicted octanol–water partition coefficient (Wildman–Crippen LogP) is 6.78. The van der Waals surface area contributed by atoms with Crippen molar-refractivity contribution in [3.63, 3.8) is 0 Å². The summed E-state index contributed by atoms with van der Waals surface area (Å²) in [6, 6.07) is 21.7. The maximum Gasteiger partial charge on any atom is 0.307 e. The minimum atomic E-state index is -1.46. The number of aliphatic carboxylic acids is 2. The molecule has 0 aliphatic rings. The molecule has 0 saturated carbocycles. The number of aromatic nitrogens is 1. The molecule has 5 aromatic rings. The fraction of sp³-hybridized carbons (Fsp3) is 0.229. The largest absolute Gasteiger partial charge is 0.481 e. The fourth-order valence-corrected chi connectivity index (χ4v) is 6.20. The van der Waals surface area contributed by atoms with Crippen LogP contribution in [0.15, 0.2) is 94.9 Å². The van der Waals surface area contributed by atoms with Gasteiger partial charge in [0.25, 0.3) is 11.6 Å². The van der Waals surface area contributed by atoms with Gasteiger partial charge in [-0.1, -0.05) is 48.5 Å². The van der Waals surface area contributed by atoms with Gasteiger partial charge in [-0.2, -0.15) is 0 Å². The third kappa shape index (κ3) is 9.30. The number of hydrogen-bond donors (Lipinski definition) is 3. The molecule has 2 aromatic heterocycles. The summed E-state index contributed by atoms with van der Waals surface area (Å²) in [5, 5.41) is 37.2. The van der Waals surface area contributed by atoms with Gasteiger partial charge in [0.05, 0.1) is 17.3 Å². The van der Waals surface area contributed by atoms with Crippen LogP contribution >= 0.6 is 23.7 Å². The molecule has 0 aliphatic carbocycles. The lowest BCUT2D eigenvalue weighted by atomic mass is 9.86. The second kappa shape index (κ2) is 16.7. The molecule has 260 valence electrons. The van der Waals surface area contributed by atoms with E-state index < -0.39 is 59.4 Å². The SMILES string of the molecule is CC(C(Cc1ccc(C(=O)Nc2nccs2)o1)c1ccc([N+](=O)[O-])cc1)N(Cc1ccc2ccccc2c1)C(=O)CC(CC(=O)O)C(=O)O.Cl. The average molecular weight is 721 g/mol. The number of thiazole rings is 1. The van der Waals surface area contributed by atoms with Crippen LogP contribution in [-0.4, -0.2) is 54.8 Å². The number of nitro benzene ring substituents is 1. The molecule has 15 heteroatoms. The van der Waals surface area contributed by atoms with E-state index >= 15 is 0 Å². The van der Waals surface area contributed by atoms with Crippen molar-refractivity contribution in [2.24, 2.45) is 5.92 Å². The van der Waals surface area contributed by atoms with Gasteiger partial charge in [0, 0.05) is 55.1 Å². The highest BCUT2D eigenvalue weighted by atomic mass is 35.5. The van der Waals surface area contributed by atoms with Gasteiger partial charge in [0.1, 0.15) is 5.76 Å². The molecule has 0 bridgehead atoms. The number of hydrogen-bond acceptors (Lipinski definition) is 9. The number of furan rings is 1. The number of fused-ring (bicyclic) bond motifs is 1. The van der Waals surface area contributed by atoms with Crippen molar-refractivity contribution < 1.29 is 38.7 Å². The van der Waals surface area contributed by atoms with Crippen LogP contribution in [0.25, 0.3) is 10.8 Å². The van der Waals surface area contributed by atoms with Gasteiger partial charge in [-0.05, 0) is 47.0 Å². The molecule has 0 fully saturated rings. The molecule has 3 atom stereocenters. The maximum absolute atomic E-state index is 14.0. The van der Waals surface area contributed by atoms with Crippen LogP contribution in [-0.2, 0) is 27.3 Å². The number of halogens is 1. The zero-order valence-electron chi connectivity index (χ0n) is 26.6. The highest BCUT2D eigenvalue weighted by Crippen LogP contribution is 2.32. The first-order chi connectivity index (χ1) is 23.5. The molecule has 13 nitrogen and oxygen atoms in total. The number of nitrogens with one attached hydrogen (secondary N) is 1. The summed E-state index contributed by atoms with van der Waals surface area (Å²) in [6.45, 7) is 1.84. The van der Waals surface area contributed by atoms with Crippen molar-refractivity contribution in [3.05, 3.63) is 123 Å². The van der Waals surface area contributed by atoms with Crippen molar-refractivity contribution in [2.45, 2.75) is 44.7 Å². The summed E-state index contributed by atoms with van der Waals surface area (Å²) in [5.41, 5.74) is 1.25. The normalized spacial score (nSPS) is 12.7. The molecule has 3 unspecified atom stereocenters. The first-order valence-electron chi connectivity index (χ1n) is 15.2. The van der Waals surface area contributed by atoms with Crippen LogP contribution < -0.4 is 5.32 Å². The molecule has 5 rings (SSSR count). The number of nitrogens with zero attached hydrogens (tertiary/aromatic N) is 3. The van der Waals surface area contributed by atoms with Crippen LogP contribution in [0.5, 0.6) is 0 Å².